The van der Waals surface area contributed by atoms with Gasteiger partial charge in [0, 0.05) is 25.8 Å². The van der Waals surface area contributed by atoms with Gasteiger partial charge >= 0.3 is 0 Å². The third-order valence-corrected chi connectivity index (χ3v) is 2.80. The molecule has 1 amide bonds. The lowest BCUT2D eigenvalue weighted by Crippen LogP contribution is -2.30. The van der Waals surface area contributed by atoms with Gasteiger partial charge in [0.2, 0.25) is 5.95 Å². The number of anilines is 1. The van der Waals surface area contributed by atoms with Crippen LogP contribution in [0.25, 0.3) is 0 Å². The van der Waals surface area contributed by atoms with E-state index in [4.69, 9.17) is 5.73 Å². The van der Waals surface area contributed by atoms with Gasteiger partial charge in [-0.25, -0.2) is 9.97 Å². The summed E-state index contributed by atoms with van der Waals surface area (Å²) in [6, 6.07) is 1.66. The van der Waals surface area contributed by atoms with Crippen LogP contribution in [0.5, 0.6) is 0 Å². The molecule has 1 aromatic rings. The molecule has 0 spiro atoms. The maximum absolute atomic E-state index is 11.3. The van der Waals surface area contributed by atoms with Crippen LogP contribution in [-0.2, 0) is 0 Å². The minimum atomic E-state index is -0.522. The summed E-state index contributed by atoms with van der Waals surface area (Å²) in [4.78, 5) is 24.0. The highest BCUT2D eigenvalue weighted by Gasteiger charge is 2.13. The molecule has 0 unspecified atom stereocenters. The van der Waals surface area contributed by atoms with Gasteiger partial charge in [-0.05, 0) is 26.1 Å². The molecule has 0 aromatic carbocycles. The monoisotopic (exact) mass is 265 g/mol. The van der Waals surface area contributed by atoms with E-state index in [-0.39, 0.29) is 11.6 Å². The molecule has 0 aliphatic rings. The zero-order valence-corrected chi connectivity index (χ0v) is 12.3. The average molecular weight is 265 g/mol. The largest absolute Gasteiger partial charge is 0.364 e. The maximum Gasteiger partial charge on any atom is 0.267 e. The Balaban J connectivity index is 3.01. The number of rotatable bonds is 6. The van der Waals surface area contributed by atoms with Gasteiger partial charge in [-0.1, -0.05) is 13.8 Å². The lowest BCUT2D eigenvalue weighted by atomic mass is 10.1. The van der Waals surface area contributed by atoms with Crippen molar-refractivity contribution in [3.63, 3.8) is 0 Å². The standard InChI is InChI=1S/C13H23N5O/c1-9(2)10-8-11(12(14)19)16-13(15-10)18(5)7-6-17(3)4/h8-9H,6-7H2,1-5H3,(H2,14,19). The van der Waals surface area contributed by atoms with Crippen LogP contribution >= 0.6 is 0 Å². The molecule has 0 saturated carbocycles. The Bertz CT molecular complexity index is 445. The van der Waals surface area contributed by atoms with E-state index in [1.807, 2.05) is 39.9 Å². The summed E-state index contributed by atoms with van der Waals surface area (Å²) in [7, 11) is 5.93. The van der Waals surface area contributed by atoms with Crippen molar-refractivity contribution in [1.82, 2.24) is 14.9 Å². The number of amides is 1. The molecule has 106 valence electrons. The van der Waals surface area contributed by atoms with Crippen molar-refractivity contribution in [3.05, 3.63) is 17.5 Å². The summed E-state index contributed by atoms with van der Waals surface area (Å²) in [6.07, 6.45) is 0. The molecule has 0 radical (unpaired) electrons. The molecule has 0 aliphatic heterocycles. The van der Waals surface area contributed by atoms with Gasteiger partial charge < -0.3 is 15.5 Å². The Morgan fingerprint density at radius 3 is 2.37 bits per heavy atom. The van der Waals surface area contributed by atoms with Crippen molar-refractivity contribution in [2.24, 2.45) is 5.73 Å². The summed E-state index contributed by atoms with van der Waals surface area (Å²) < 4.78 is 0. The summed E-state index contributed by atoms with van der Waals surface area (Å²) in [5.41, 5.74) is 6.42. The zero-order valence-electron chi connectivity index (χ0n) is 12.3. The number of carbonyl (C=O) groups is 1. The molecule has 2 N–H and O–H groups in total. The van der Waals surface area contributed by atoms with Crippen LogP contribution in [0.15, 0.2) is 6.07 Å². The quantitative estimate of drug-likeness (QED) is 0.819. The van der Waals surface area contributed by atoms with Crippen molar-refractivity contribution < 1.29 is 4.79 Å². The molecular formula is C13H23N5O. The van der Waals surface area contributed by atoms with E-state index in [2.05, 4.69) is 14.9 Å². The average Bonchev–Trinajstić information content (AvgIpc) is 2.35. The molecule has 0 atom stereocenters. The highest BCUT2D eigenvalue weighted by atomic mass is 16.1. The topological polar surface area (TPSA) is 75.4 Å². The fraction of sp³-hybridized carbons (Fsp3) is 0.615. The van der Waals surface area contributed by atoms with Gasteiger partial charge in [0.25, 0.3) is 5.91 Å². The van der Waals surface area contributed by atoms with Gasteiger partial charge in [-0.2, -0.15) is 0 Å². The van der Waals surface area contributed by atoms with Crippen LogP contribution in [0.3, 0.4) is 0 Å². The van der Waals surface area contributed by atoms with Crippen LogP contribution in [0.4, 0.5) is 5.95 Å². The van der Waals surface area contributed by atoms with Crippen molar-refractivity contribution in [3.8, 4) is 0 Å². The maximum atomic E-state index is 11.3. The fourth-order valence-electron chi connectivity index (χ4n) is 1.50. The minimum absolute atomic E-state index is 0.224. The minimum Gasteiger partial charge on any atom is -0.364 e. The Hall–Kier alpha value is -1.69. The first kappa shape index (κ1) is 15.4. The molecule has 1 rings (SSSR count). The highest BCUT2D eigenvalue weighted by molar-refractivity contribution is 5.91. The molecule has 6 heteroatoms. The summed E-state index contributed by atoms with van der Waals surface area (Å²) in [6.45, 7) is 5.72. The second-order valence-corrected chi connectivity index (χ2v) is 5.22. The van der Waals surface area contributed by atoms with E-state index in [0.717, 1.165) is 18.8 Å². The Kier molecular flexibility index (Phi) is 5.23. The summed E-state index contributed by atoms with van der Waals surface area (Å²) >= 11 is 0. The predicted molar refractivity (Wildman–Crippen MR) is 76.5 cm³/mol. The van der Waals surface area contributed by atoms with Crippen molar-refractivity contribution in [2.75, 3.05) is 39.1 Å². The lowest BCUT2D eigenvalue weighted by molar-refractivity contribution is 0.0995. The van der Waals surface area contributed by atoms with E-state index < -0.39 is 5.91 Å². The van der Waals surface area contributed by atoms with Crippen LogP contribution in [0.2, 0.25) is 0 Å². The molecule has 1 aromatic heterocycles. The third-order valence-electron chi connectivity index (χ3n) is 2.80. The van der Waals surface area contributed by atoms with Gasteiger partial charge in [0.1, 0.15) is 5.69 Å². The number of hydrogen-bond acceptors (Lipinski definition) is 5. The van der Waals surface area contributed by atoms with Gasteiger partial charge in [0.05, 0.1) is 0 Å². The molecule has 0 bridgehead atoms. The van der Waals surface area contributed by atoms with Gasteiger partial charge in [0.15, 0.2) is 0 Å². The Labute approximate surface area is 114 Å². The molecular weight excluding hydrogens is 242 g/mol. The molecule has 19 heavy (non-hydrogen) atoms. The van der Waals surface area contributed by atoms with E-state index in [1.54, 1.807) is 6.07 Å². The number of primary amides is 1. The van der Waals surface area contributed by atoms with Crippen LogP contribution in [0, 0.1) is 0 Å². The lowest BCUT2D eigenvalue weighted by Gasteiger charge is -2.21. The SMILES string of the molecule is CC(C)c1cc(C(N)=O)nc(N(C)CCN(C)C)n1. The number of aromatic nitrogens is 2. The Morgan fingerprint density at radius 1 is 1.26 bits per heavy atom. The molecule has 0 saturated heterocycles. The van der Waals surface area contributed by atoms with E-state index in [1.165, 1.54) is 0 Å². The van der Waals surface area contributed by atoms with E-state index in [0.29, 0.717) is 5.95 Å². The second-order valence-electron chi connectivity index (χ2n) is 5.22. The van der Waals surface area contributed by atoms with Crippen LogP contribution in [0.1, 0.15) is 35.9 Å². The van der Waals surface area contributed by atoms with Gasteiger partial charge in [-0.15, -0.1) is 0 Å². The van der Waals surface area contributed by atoms with E-state index in [9.17, 15) is 4.79 Å². The Morgan fingerprint density at radius 2 is 1.89 bits per heavy atom. The van der Waals surface area contributed by atoms with Crippen molar-refractivity contribution in [1.29, 1.82) is 0 Å². The highest BCUT2D eigenvalue weighted by Crippen LogP contribution is 2.16. The second kappa shape index (κ2) is 6.47. The number of nitrogens with two attached hydrogens (primary N) is 1. The van der Waals surface area contributed by atoms with Crippen LogP contribution < -0.4 is 10.6 Å². The zero-order chi connectivity index (χ0) is 14.6. The number of carbonyl (C=O) groups excluding carboxylic acids is 1. The van der Waals surface area contributed by atoms with Crippen molar-refractivity contribution in [2.45, 2.75) is 19.8 Å². The normalized spacial score (nSPS) is 11.1. The molecule has 1 heterocycles. The van der Waals surface area contributed by atoms with Crippen LogP contribution in [-0.4, -0.2) is 55.0 Å². The smallest absolute Gasteiger partial charge is 0.267 e. The first-order chi connectivity index (χ1) is 8.81. The predicted octanol–water partition coefficient (Wildman–Crippen LogP) is 0.697. The third kappa shape index (κ3) is 4.48. The first-order valence-corrected chi connectivity index (χ1v) is 6.36. The fourth-order valence-corrected chi connectivity index (χ4v) is 1.50. The summed E-state index contributed by atoms with van der Waals surface area (Å²) in [5, 5.41) is 0. The number of likely N-dealkylation sites (N-methyl/N-ethyl adjacent to an activating group) is 2. The molecule has 0 aliphatic carbocycles. The summed E-state index contributed by atoms with van der Waals surface area (Å²) in [5.74, 6) is 0.246. The number of hydrogen-bond donors (Lipinski definition) is 1. The van der Waals surface area contributed by atoms with Crippen molar-refractivity contribution >= 4 is 11.9 Å². The number of nitrogens with zero attached hydrogens (tertiary/aromatic N) is 4. The van der Waals surface area contributed by atoms with E-state index >= 15 is 0 Å². The molecule has 6 nitrogen and oxygen atoms in total. The molecule has 0 fully saturated rings. The first-order valence-electron chi connectivity index (χ1n) is 6.36. The van der Waals surface area contributed by atoms with Gasteiger partial charge in [-0.3, -0.25) is 4.79 Å².